The first kappa shape index (κ1) is 25.5. The number of benzene rings is 1. The van der Waals surface area contributed by atoms with Gasteiger partial charge in [-0.2, -0.15) is 0 Å². The highest BCUT2D eigenvalue weighted by molar-refractivity contribution is 5.98. The van der Waals surface area contributed by atoms with Crippen LogP contribution in [0.15, 0.2) is 42.5 Å². The fourth-order valence-electron chi connectivity index (χ4n) is 3.28. The molecule has 0 bridgehead atoms. The van der Waals surface area contributed by atoms with E-state index >= 15 is 0 Å². The number of pyridine rings is 1. The van der Waals surface area contributed by atoms with Crippen molar-refractivity contribution >= 4 is 11.8 Å². The molecule has 0 aliphatic carbocycles. The number of amides is 2. The average Bonchev–Trinajstić information content (AvgIpc) is 2.82. The third-order valence-corrected chi connectivity index (χ3v) is 4.78. The van der Waals surface area contributed by atoms with Crippen LogP contribution in [0.3, 0.4) is 0 Å². The quantitative estimate of drug-likeness (QED) is 0.365. The number of carbonyl (C=O) groups is 2. The van der Waals surface area contributed by atoms with Gasteiger partial charge >= 0.3 is 0 Å². The molecule has 1 heterocycles. The molecule has 8 nitrogen and oxygen atoms in total. The Morgan fingerprint density at radius 3 is 2.31 bits per heavy atom. The number of nitrogens with one attached hydrogen (secondary N) is 2. The molecule has 0 aliphatic rings. The van der Waals surface area contributed by atoms with Crippen molar-refractivity contribution in [2.24, 2.45) is 0 Å². The normalized spacial score (nSPS) is 11.9. The Hall–Kier alpha value is -2.81. The molecule has 2 N–H and O–H groups in total. The van der Waals surface area contributed by atoms with Gasteiger partial charge in [0, 0.05) is 45.9 Å². The van der Waals surface area contributed by atoms with Gasteiger partial charge < -0.3 is 24.8 Å². The van der Waals surface area contributed by atoms with Gasteiger partial charge in [0.05, 0.1) is 5.69 Å². The van der Waals surface area contributed by atoms with Crippen LogP contribution in [-0.2, 0) is 14.2 Å². The molecule has 2 amide bonds. The molecular weight excluding hydrogens is 410 g/mol. The van der Waals surface area contributed by atoms with Crippen molar-refractivity contribution < 1.29 is 23.8 Å². The minimum absolute atomic E-state index is 0.154. The molecule has 0 saturated heterocycles. The summed E-state index contributed by atoms with van der Waals surface area (Å²) < 4.78 is 16.7. The number of nitrogens with zero attached hydrogens (tertiary/aromatic N) is 1. The lowest BCUT2D eigenvalue weighted by Crippen LogP contribution is -2.28. The van der Waals surface area contributed by atoms with Gasteiger partial charge in [0.2, 0.25) is 0 Å². The maximum absolute atomic E-state index is 12.8. The molecule has 2 aromatic rings. The summed E-state index contributed by atoms with van der Waals surface area (Å²) in [6.45, 7) is 5.43. The summed E-state index contributed by atoms with van der Waals surface area (Å²) in [5.74, 6) is -0.661. The molecule has 0 aliphatic heterocycles. The van der Waals surface area contributed by atoms with E-state index in [9.17, 15) is 9.59 Å². The van der Waals surface area contributed by atoms with Crippen LogP contribution in [0.5, 0.6) is 0 Å². The first-order valence-corrected chi connectivity index (χ1v) is 10.9. The van der Waals surface area contributed by atoms with Crippen LogP contribution in [0, 0.1) is 0 Å². The second-order valence-electron chi connectivity index (χ2n) is 7.01. The Morgan fingerprint density at radius 2 is 1.72 bits per heavy atom. The summed E-state index contributed by atoms with van der Waals surface area (Å²) in [6.07, 6.45) is 0.585. The first-order valence-electron chi connectivity index (χ1n) is 10.9. The second-order valence-corrected chi connectivity index (χ2v) is 7.01. The summed E-state index contributed by atoms with van der Waals surface area (Å²) >= 11 is 0. The van der Waals surface area contributed by atoms with E-state index in [1.165, 1.54) is 13.1 Å². The van der Waals surface area contributed by atoms with Crippen molar-refractivity contribution in [3.8, 4) is 0 Å². The van der Waals surface area contributed by atoms with Gasteiger partial charge in [-0.1, -0.05) is 30.3 Å². The van der Waals surface area contributed by atoms with E-state index in [0.29, 0.717) is 43.9 Å². The van der Waals surface area contributed by atoms with Crippen molar-refractivity contribution in [2.75, 3.05) is 33.9 Å². The van der Waals surface area contributed by atoms with Crippen LogP contribution >= 0.6 is 0 Å². The molecule has 0 saturated carbocycles. The Morgan fingerprint density at radius 1 is 1.03 bits per heavy atom. The lowest BCUT2D eigenvalue weighted by molar-refractivity contribution is -0.139. The third kappa shape index (κ3) is 7.40. The molecule has 0 radical (unpaired) electrons. The highest BCUT2D eigenvalue weighted by Gasteiger charge is 2.20. The highest BCUT2D eigenvalue weighted by Crippen LogP contribution is 2.25. The lowest BCUT2D eigenvalue weighted by atomic mass is 10.0. The van der Waals surface area contributed by atoms with Crippen molar-refractivity contribution in [3.05, 3.63) is 65.0 Å². The predicted octanol–water partition coefficient (Wildman–Crippen LogP) is 3.09. The minimum Gasteiger partial charge on any atom is -0.370 e. The average molecular weight is 444 g/mol. The number of methoxy groups -OCH3 is 1. The molecule has 8 heteroatoms. The minimum atomic E-state index is -0.509. The van der Waals surface area contributed by atoms with Crippen molar-refractivity contribution in [1.82, 2.24) is 15.6 Å². The molecule has 1 aromatic heterocycles. The van der Waals surface area contributed by atoms with Crippen LogP contribution in [0.2, 0.25) is 0 Å². The van der Waals surface area contributed by atoms with E-state index in [1.54, 1.807) is 13.2 Å². The smallest absolute Gasteiger partial charge is 0.269 e. The molecule has 0 fully saturated rings. The van der Waals surface area contributed by atoms with E-state index in [-0.39, 0.29) is 23.8 Å². The largest absolute Gasteiger partial charge is 0.370 e. The summed E-state index contributed by atoms with van der Waals surface area (Å²) in [7, 11) is 3.09. The fourth-order valence-corrected chi connectivity index (χ4v) is 3.28. The standard InChI is InChI=1S/C24H33N3O5/c1-5-31-21(32-6-2)13-10-14-26-23(28)18-15-19(27-20(16-18)24(29)25-3)22(30-4)17-11-8-7-9-12-17/h7-9,11-12,15-16,21-22H,5-6,10,13-14H2,1-4H3,(H,25,29)(H,26,28). The zero-order chi connectivity index (χ0) is 23.3. The maximum atomic E-state index is 12.8. The molecule has 174 valence electrons. The van der Waals surface area contributed by atoms with Crippen LogP contribution in [0.1, 0.15) is 64.9 Å². The number of hydrogen-bond donors (Lipinski definition) is 2. The Bertz CT molecular complexity index is 854. The van der Waals surface area contributed by atoms with E-state index < -0.39 is 6.10 Å². The van der Waals surface area contributed by atoms with Gasteiger partial charge in [-0.15, -0.1) is 0 Å². The summed E-state index contributed by atoms with van der Waals surface area (Å²) in [5, 5.41) is 5.45. The van der Waals surface area contributed by atoms with E-state index in [0.717, 1.165) is 5.56 Å². The first-order chi connectivity index (χ1) is 15.5. The number of ether oxygens (including phenoxy) is 3. The van der Waals surface area contributed by atoms with E-state index in [1.807, 2.05) is 44.2 Å². The zero-order valence-corrected chi connectivity index (χ0v) is 19.2. The number of carbonyl (C=O) groups excluding carboxylic acids is 2. The summed E-state index contributed by atoms with van der Waals surface area (Å²) in [6, 6.07) is 12.7. The zero-order valence-electron chi connectivity index (χ0n) is 19.2. The van der Waals surface area contributed by atoms with Crippen LogP contribution < -0.4 is 10.6 Å². The van der Waals surface area contributed by atoms with Crippen LogP contribution in [-0.4, -0.2) is 57.0 Å². The third-order valence-electron chi connectivity index (χ3n) is 4.78. The molecule has 32 heavy (non-hydrogen) atoms. The van der Waals surface area contributed by atoms with Gasteiger partial charge in [0.25, 0.3) is 11.8 Å². The molecule has 1 atom stereocenters. The Kier molecular flexibility index (Phi) is 10.8. The van der Waals surface area contributed by atoms with E-state index in [4.69, 9.17) is 14.2 Å². The highest BCUT2D eigenvalue weighted by atomic mass is 16.7. The van der Waals surface area contributed by atoms with Gasteiger partial charge in [-0.3, -0.25) is 9.59 Å². The predicted molar refractivity (Wildman–Crippen MR) is 122 cm³/mol. The molecule has 0 spiro atoms. The SMILES string of the molecule is CCOC(CCCNC(=O)c1cc(C(=O)NC)nc(C(OC)c2ccccc2)c1)OCC. The van der Waals surface area contributed by atoms with Crippen LogP contribution in [0.25, 0.3) is 0 Å². The number of rotatable bonds is 13. The molecular formula is C24H33N3O5. The Labute approximate surface area is 189 Å². The topological polar surface area (TPSA) is 98.8 Å². The van der Waals surface area contributed by atoms with E-state index in [2.05, 4.69) is 15.6 Å². The maximum Gasteiger partial charge on any atom is 0.269 e. The monoisotopic (exact) mass is 443 g/mol. The summed E-state index contributed by atoms with van der Waals surface area (Å²) in [4.78, 5) is 29.5. The molecule has 1 unspecified atom stereocenters. The molecule has 1 aromatic carbocycles. The lowest BCUT2D eigenvalue weighted by Gasteiger charge is -2.18. The van der Waals surface area contributed by atoms with Gasteiger partial charge in [-0.25, -0.2) is 4.98 Å². The van der Waals surface area contributed by atoms with Crippen molar-refractivity contribution in [3.63, 3.8) is 0 Å². The second kappa shape index (κ2) is 13.6. The number of aromatic nitrogens is 1. The number of hydrogen-bond acceptors (Lipinski definition) is 6. The van der Waals surface area contributed by atoms with Crippen LogP contribution in [0.4, 0.5) is 0 Å². The Balaban J connectivity index is 2.16. The summed E-state index contributed by atoms with van der Waals surface area (Å²) in [5.41, 5.74) is 1.86. The van der Waals surface area contributed by atoms with Gasteiger partial charge in [0.1, 0.15) is 11.8 Å². The van der Waals surface area contributed by atoms with Gasteiger partial charge in [-0.05, 0) is 38.0 Å². The molecule has 2 rings (SSSR count). The van der Waals surface area contributed by atoms with Gasteiger partial charge in [0.15, 0.2) is 6.29 Å². The fraction of sp³-hybridized carbons (Fsp3) is 0.458. The van der Waals surface area contributed by atoms with Crippen molar-refractivity contribution in [2.45, 2.75) is 39.1 Å². The van der Waals surface area contributed by atoms with Crippen molar-refractivity contribution in [1.29, 1.82) is 0 Å².